The minimum absolute atomic E-state index is 0.0397. The fourth-order valence-electron chi connectivity index (χ4n) is 2.86. The summed E-state index contributed by atoms with van der Waals surface area (Å²) in [6, 6.07) is 13.5. The van der Waals surface area contributed by atoms with E-state index in [-0.39, 0.29) is 5.91 Å². The molecule has 0 unspecified atom stereocenters. The van der Waals surface area contributed by atoms with Gasteiger partial charge in [-0.2, -0.15) is 0 Å². The molecule has 0 saturated carbocycles. The smallest absolute Gasteiger partial charge is 0.228 e. The molecule has 146 valence electrons. The monoisotopic (exact) mass is 394 g/mol. The molecule has 0 aliphatic carbocycles. The van der Waals surface area contributed by atoms with E-state index in [4.69, 9.17) is 4.74 Å². The van der Waals surface area contributed by atoms with Crippen molar-refractivity contribution in [3.8, 4) is 5.75 Å². The molecule has 4 nitrogen and oxygen atoms in total. The van der Waals surface area contributed by atoms with Gasteiger partial charge in [0.15, 0.2) is 0 Å². The Morgan fingerprint density at radius 2 is 2.07 bits per heavy atom. The van der Waals surface area contributed by atoms with Crippen LogP contribution in [0.2, 0.25) is 0 Å². The number of carbonyl (C=O) groups excluding carboxylic acids is 1. The van der Waals surface area contributed by atoms with E-state index in [1.807, 2.05) is 48.0 Å². The number of allylic oxidation sites excluding steroid dienone is 2. The maximum absolute atomic E-state index is 12.4. The third-order valence-electron chi connectivity index (χ3n) is 4.28. The van der Waals surface area contributed by atoms with Gasteiger partial charge in [-0.15, -0.1) is 11.3 Å². The van der Waals surface area contributed by atoms with E-state index in [1.165, 1.54) is 6.42 Å². The lowest BCUT2D eigenvalue weighted by Gasteiger charge is -2.08. The van der Waals surface area contributed by atoms with Crippen molar-refractivity contribution in [2.45, 2.75) is 39.0 Å². The fourth-order valence-corrected chi connectivity index (χ4v) is 3.58. The highest BCUT2D eigenvalue weighted by molar-refractivity contribution is 7.16. The zero-order chi connectivity index (χ0) is 19.6. The number of ether oxygens (including phenoxy) is 1. The number of aromatic nitrogens is 1. The predicted octanol–water partition coefficient (Wildman–Crippen LogP) is 5.99. The summed E-state index contributed by atoms with van der Waals surface area (Å²) in [5.74, 6) is 0.774. The Kier molecular flexibility index (Phi) is 7.62. The van der Waals surface area contributed by atoms with Crippen LogP contribution in [0, 0.1) is 0 Å². The number of nitrogens with one attached hydrogen (secondary N) is 1. The number of carbonyl (C=O) groups is 1. The predicted molar refractivity (Wildman–Crippen MR) is 117 cm³/mol. The number of amides is 1. The number of fused-ring (bicyclic) bond motifs is 1. The normalized spacial score (nSPS) is 11.2. The van der Waals surface area contributed by atoms with E-state index < -0.39 is 0 Å². The van der Waals surface area contributed by atoms with E-state index >= 15 is 0 Å². The lowest BCUT2D eigenvalue weighted by Crippen LogP contribution is -2.14. The van der Waals surface area contributed by atoms with Gasteiger partial charge in [0.2, 0.25) is 5.91 Å². The van der Waals surface area contributed by atoms with Crippen LogP contribution in [0.25, 0.3) is 10.2 Å². The molecule has 3 rings (SSSR count). The van der Waals surface area contributed by atoms with Crippen molar-refractivity contribution in [1.29, 1.82) is 0 Å². The molecule has 1 aromatic heterocycles. The lowest BCUT2D eigenvalue weighted by atomic mass is 10.1. The van der Waals surface area contributed by atoms with Gasteiger partial charge in [-0.3, -0.25) is 4.79 Å². The average molecular weight is 395 g/mol. The fraction of sp³-hybridized carbons (Fsp3) is 0.304. The van der Waals surface area contributed by atoms with Gasteiger partial charge >= 0.3 is 0 Å². The Bertz CT molecular complexity index is 933. The van der Waals surface area contributed by atoms with Crippen LogP contribution in [-0.2, 0) is 11.2 Å². The standard InChI is InChI=1S/C23H26N2O2S/c1-2-3-4-5-6-7-13-27-20-10-8-9-18(14-20)15-23(26)25-19-11-12-21-22(16-19)28-17-24-21/h4-5,8-12,14,16-17H,2-3,6-7,13,15H2,1H3,(H,25,26). The molecule has 0 atom stereocenters. The molecule has 0 aliphatic rings. The zero-order valence-corrected chi connectivity index (χ0v) is 17.0. The minimum Gasteiger partial charge on any atom is -0.494 e. The van der Waals surface area contributed by atoms with Crippen molar-refractivity contribution in [3.63, 3.8) is 0 Å². The van der Waals surface area contributed by atoms with Gasteiger partial charge in [0.05, 0.1) is 28.8 Å². The summed E-state index contributed by atoms with van der Waals surface area (Å²) in [5.41, 5.74) is 4.50. The van der Waals surface area contributed by atoms with Gasteiger partial charge in [-0.25, -0.2) is 4.98 Å². The molecule has 1 amide bonds. The maximum Gasteiger partial charge on any atom is 0.228 e. The second kappa shape index (κ2) is 10.6. The summed E-state index contributed by atoms with van der Waals surface area (Å²) >= 11 is 1.57. The molecule has 2 aromatic carbocycles. The second-order valence-corrected chi connectivity index (χ2v) is 7.54. The summed E-state index contributed by atoms with van der Waals surface area (Å²) in [5, 5.41) is 2.96. The molecule has 5 heteroatoms. The summed E-state index contributed by atoms with van der Waals surface area (Å²) in [7, 11) is 0. The van der Waals surface area contributed by atoms with E-state index in [1.54, 1.807) is 11.3 Å². The molecular formula is C23H26N2O2S. The molecular weight excluding hydrogens is 368 g/mol. The van der Waals surface area contributed by atoms with Crippen molar-refractivity contribution in [1.82, 2.24) is 4.98 Å². The number of hydrogen-bond acceptors (Lipinski definition) is 4. The average Bonchev–Trinajstić information content (AvgIpc) is 3.15. The summed E-state index contributed by atoms with van der Waals surface area (Å²) in [6.45, 7) is 2.86. The van der Waals surface area contributed by atoms with E-state index in [2.05, 4.69) is 29.4 Å². The van der Waals surface area contributed by atoms with Crippen LogP contribution in [-0.4, -0.2) is 17.5 Å². The van der Waals surface area contributed by atoms with Crippen LogP contribution in [0.5, 0.6) is 5.75 Å². The largest absolute Gasteiger partial charge is 0.494 e. The highest BCUT2D eigenvalue weighted by atomic mass is 32.1. The van der Waals surface area contributed by atoms with E-state index in [9.17, 15) is 4.79 Å². The van der Waals surface area contributed by atoms with Gasteiger partial charge < -0.3 is 10.1 Å². The number of hydrogen-bond donors (Lipinski definition) is 1. The van der Waals surface area contributed by atoms with Crippen LogP contribution in [0.3, 0.4) is 0 Å². The number of nitrogens with zero attached hydrogens (tertiary/aromatic N) is 1. The Balaban J connectivity index is 1.47. The first-order valence-corrected chi connectivity index (χ1v) is 10.6. The summed E-state index contributed by atoms with van der Waals surface area (Å²) < 4.78 is 6.89. The van der Waals surface area contributed by atoms with Gasteiger partial charge in [0, 0.05) is 5.69 Å². The van der Waals surface area contributed by atoms with Crippen LogP contribution < -0.4 is 10.1 Å². The maximum atomic E-state index is 12.4. The number of benzene rings is 2. The SMILES string of the molecule is CCCC=CCCCOc1cccc(CC(=O)Nc2ccc3ncsc3c2)c1. The highest BCUT2D eigenvalue weighted by Crippen LogP contribution is 2.22. The van der Waals surface area contributed by atoms with Gasteiger partial charge in [0.25, 0.3) is 0 Å². The Morgan fingerprint density at radius 1 is 1.18 bits per heavy atom. The first-order chi connectivity index (χ1) is 13.7. The number of unbranched alkanes of at least 4 members (excludes halogenated alkanes) is 2. The highest BCUT2D eigenvalue weighted by Gasteiger charge is 2.07. The van der Waals surface area contributed by atoms with Gasteiger partial charge in [0.1, 0.15) is 5.75 Å². The van der Waals surface area contributed by atoms with Crippen LogP contribution in [0.4, 0.5) is 5.69 Å². The molecule has 1 heterocycles. The topological polar surface area (TPSA) is 51.2 Å². The van der Waals surface area contributed by atoms with Crippen molar-refractivity contribution < 1.29 is 9.53 Å². The molecule has 0 aliphatic heterocycles. The van der Waals surface area contributed by atoms with Gasteiger partial charge in [-0.05, 0) is 55.2 Å². The molecule has 0 radical (unpaired) electrons. The molecule has 28 heavy (non-hydrogen) atoms. The minimum atomic E-state index is -0.0397. The molecule has 0 bridgehead atoms. The second-order valence-electron chi connectivity index (χ2n) is 6.66. The van der Waals surface area contributed by atoms with Crippen molar-refractivity contribution in [3.05, 3.63) is 65.7 Å². The van der Waals surface area contributed by atoms with Crippen molar-refractivity contribution in [2.75, 3.05) is 11.9 Å². The quantitative estimate of drug-likeness (QED) is 0.339. The number of thiazole rings is 1. The summed E-state index contributed by atoms with van der Waals surface area (Å²) in [6.07, 6.45) is 9.12. The van der Waals surface area contributed by atoms with Gasteiger partial charge in [-0.1, -0.05) is 37.6 Å². The Labute approximate surface area is 170 Å². The van der Waals surface area contributed by atoms with Crippen LogP contribution in [0.15, 0.2) is 60.1 Å². The third kappa shape index (κ3) is 6.20. The zero-order valence-electron chi connectivity index (χ0n) is 16.2. The first kappa shape index (κ1) is 20.1. The first-order valence-electron chi connectivity index (χ1n) is 9.74. The summed E-state index contributed by atoms with van der Waals surface area (Å²) in [4.78, 5) is 16.6. The molecule has 0 spiro atoms. The van der Waals surface area contributed by atoms with Crippen molar-refractivity contribution >= 4 is 33.1 Å². The molecule has 1 N–H and O–H groups in total. The van der Waals surface area contributed by atoms with Crippen molar-refractivity contribution in [2.24, 2.45) is 0 Å². The molecule has 0 saturated heterocycles. The Hall–Kier alpha value is -2.66. The number of rotatable bonds is 10. The lowest BCUT2D eigenvalue weighted by molar-refractivity contribution is -0.115. The van der Waals surface area contributed by atoms with E-state index in [0.717, 1.165) is 46.5 Å². The molecule has 3 aromatic rings. The van der Waals surface area contributed by atoms with Crippen LogP contribution >= 0.6 is 11.3 Å². The number of anilines is 1. The van der Waals surface area contributed by atoms with E-state index in [0.29, 0.717) is 13.0 Å². The Morgan fingerprint density at radius 3 is 2.96 bits per heavy atom. The molecule has 0 fully saturated rings. The van der Waals surface area contributed by atoms with Crippen LogP contribution in [0.1, 0.15) is 38.2 Å². The third-order valence-corrected chi connectivity index (χ3v) is 5.08.